The molecule has 0 spiro atoms. The molecule has 0 aliphatic rings. The van der Waals surface area contributed by atoms with Gasteiger partial charge in [-0.2, -0.15) is 18.3 Å². The molecule has 8 heteroatoms. The number of carbonyl (C=O) groups is 1. The van der Waals surface area contributed by atoms with Gasteiger partial charge in [0, 0.05) is 44.7 Å². The van der Waals surface area contributed by atoms with Crippen molar-refractivity contribution >= 4 is 6.41 Å². The van der Waals surface area contributed by atoms with Gasteiger partial charge in [0.2, 0.25) is 6.41 Å². The van der Waals surface area contributed by atoms with Crippen LogP contribution in [0.5, 0.6) is 0 Å². The predicted octanol–water partition coefficient (Wildman–Crippen LogP) is 4.57. The van der Waals surface area contributed by atoms with Gasteiger partial charge in [-0.15, -0.1) is 0 Å². The molecule has 3 rings (SSSR count). The van der Waals surface area contributed by atoms with Crippen LogP contribution in [-0.4, -0.2) is 46.3 Å². The summed E-state index contributed by atoms with van der Waals surface area (Å²) < 4.78 is 33.1. The van der Waals surface area contributed by atoms with Crippen molar-refractivity contribution in [3.05, 3.63) is 72.2 Å². The molecule has 2 heterocycles. The number of carbonyl (C=O) groups excluding carboxylic acids is 1. The van der Waals surface area contributed by atoms with Gasteiger partial charge in [0.1, 0.15) is 0 Å². The second-order valence-electron chi connectivity index (χ2n) is 6.40. The second kappa shape index (κ2) is 11.6. The third kappa shape index (κ3) is 10.7. The van der Waals surface area contributed by atoms with Crippen molar-refractivity contribution in [2.24, 2.45) is 0 Å². The number of aryl methyl sites for hydroxylation is 1. The van der Waals surface area contributed by atoms with Crippen LogP contribution >= 0.6 is 0 Å². The standard InChI is InChI=1S/C16H15N3.C3H7NO.C2H3F3/c1-13-11-15(7-9-17-13)16-8-10-18-19(16)12-14-5-3-2-4-6-14;1-4(2)3-5;1-2(3,4)5/h2-11H,12H2,1H3;3H,1-2H3;1H3. The Kier molecular flexibility index (Phi) is 9.58. The fourth-order valence-electron chi connectivity index (χ4n) is 2.17. The van der Waals surface area contributed by atoms with Crippen molar-refractivity contribution in [1.82, 2.24) is 19.7 Å². The molecule has 0 bridgehead atoms. The Bertz CT molecular complexity index is 856. The largest absolute Gasteiger partial charge is 0.386 e. The average molecular weight is 406 g/mol. The Balaban J connectivity index is 0.000000353. The predicted molar refractivity (Wildman–Crippen MR) is 107 cm³/mol. The Labute approximate surface area is 168 Å². The van der Waals surface area contributed by atoms with Crippen LogP contribution in [0.15, 0.2) is 60.9 Å². The zero-order valence-corrected chi connectivity index (χ0v) is 16.9. The van der Waals surface area contributed by atoms with Crippen LogP contribution in [0, 0.1) is 6.92 Å². The van der Waals surface area contributed by atoms with Gasteiger partial charge in [0.05, 0.1) is 12.2 Å². The number of aromatic nitrogens is 3. The van der Waals surface area contributed by atoms with Gasteiger partial charge < -0.3 is 4.90 Å². The fourth-order valence-corrected chi connectivity index (χ4v) is 2.17. The number of halogens is 3. The molecule has 0 N–H and O–H groups in total. The summed E-state index contributed by atoms with van der Waals surface area (Å²) in [5.41, 5.74) is 4.54. The number of amides is 1. The van der Waals surface area contributed by atoms with Crippen LogP contribution in [0.3, 0.4) is 0 Å². The van der Waals surface area contributed by atoms with E-state index in [9.17, 15) is 18.0 Å². The maximum atomic E-state index is 10.4. The first-order valence-corrected chi connectivity index (χ1v) is 8.77. The lowest BCUT2D eigenvalue weighted by molar-refractivity contribution is -0.116. The molecule has 0 atom stereocenters. The highest BCUT2D eigenvalue weighted by Gasteiger charge is 2.15. The Morgan fingerprint density at radius 3 is 2.17 bits per heavy atom. The topological polar surface area (TPSA) is 51.0 Å². The summed E-state index contributed by atoms with van der Waals surface area (Å²) >= 11 is 0. The van der Waals surface area contributed by atoms with Gasteiger partial charge in [-0.1, -0.05) is 30.3 Å². The van der Waals surface area contributed by atoms with E-state index in [1.54, 1.807) is 14.1 Å². The van der Waals surface area contributed by atoms with Crippen molar-refractivity contribution in [3.8, 4) is 11.3 Å². The molecule has 1 aromatic carbocycles. The maximum absolute atomic E-state index is 10.4. The first kappa shape index (κ1) is 23.9. The van der Waals surface area contributed by atoms with Gasteiger partial charge in [0.15, 0.2) is 0 Å². The van der Waals surface area contributed by atoms with Crippen LogP contribution in [0.2, 0.25) is 0 Å². The van der Waals surface area contributed by atoms with Crippen LogP contribution in [0.4, 0.5) is 13.2 Å². The molecule has 1 amide bonds. The summed E-state index contributed by atoms with van der Waals surface area (Å²) in [5, 5.41) is 4.41. The van der Waals surface area contributed by atoms with E-state index in [1.807, 2.05) is 42.2 Å². The van der Waals surface area contributed by atoms with Crippen molar-refractivity contribution in [2.75, 3.05) is 14.1 Å². The van der Waals surface area contributed by atoms with Gasteiger partial charge in [0.25, 0.3) is 0 Å². The molecule has 156 valence electrons. The van der Waals surface area contributed by atoms with Gasteiger partial charge in [-0.25, -0.2) is 0 Å². The number of pyridine rings is 1. The fraction of sp³-hybridized carbons (Fsp3) is 0.286. The third-order valence-electron chi connectivity index (χ3n) is 3.29. The molecule has 29 heavy (non-hydrogen) atoms. The highest BCUT2D eigenvalue weighted by atomic mass is 19.4. The van der Waals surface area contributed by atoms with Gasteiger partial charge in [-0.3, -0.25) is 14.5 Å². The van der Waals surface area contributed by atoms with Crippen molar-refractivity contribution < 1.29 is 18.0 Å². The average Bonchev–Trinajstić information content (AvgIpc) is 3.10. The molecule has 0 saturated heterocycles. The number of alkyl halides is 3. The summed E-state index contributed by atoms with van der Waals surface area (Å²) in [7, 11) is 3.38. The quantitative estimate of drug-likeness (QED) is 0.596. The van der Waals surface area contributed by atoms with E-state index < -0.39 is 6.18 Å². The minimum absolute atomic E-state index is 0.188. The number of nitrogens with zero attached hydrogens (tertiary/aromatic N) is 4. The SMILES string of the molecule is CC(F)(F)F.CN(C)C=O.Cc1cc(-c2ccnn2Cc2ccccc2)ccn1. The van der Waals surface area contributed by atoms with E-state index in [2.05, 4.69) is 40.4 Å². The zero-order valence-electron chi connectivity index (χ0n) is 16.9. The van der Waals surface area contributed by atoms with E-state index in [1.165, 1.54) is 10.5 Å². The van der Waals surface area contributed by atoms with E-state index in [0.29, 0.717) is 0 Å². The van der Waals surface area contributed by atoms with E-state index in [-0.39, 0.29) is 6.92 Å². The molecule has 0 unspecified atom stereocenters. The number of hydrogen-bond acceptors (Lipinski definition) is 3. The Hall–Kier alpha value is -3.16. The first-order valence-electron chi connectivity index (χ1n) is 8.77. The highest BCUT2D eigenvalue weighted by molar-refractivity contribution is 5.59. The lowest BCUT2D eigenvalue weighted by Crippen LogP contribution is -2.06. The van der Waals surface area contributed by atoms with E-state index in [4.69, 9.17) is 0 Å². The molecule has 2 aromatic heterocycles. The molecular weight excluding hydrogens is 381 g/mol. The summed E-state index contributed by atoms with van der Waals surface area (Å²) in [6.07, 6.45) is 0.429. The van der Waals surface area contributed by atoms with Crippen LogP contribution in [-0.2, 0) is 11.3 Å². The summed E-state index contributed by atoms with van der Waals surface area (Å²) in [6, 6.07) is 16.5. The molecule has 0 radical (unpaired) electrons. The van der Waals surface area contributed by atoms with Crippen LogP contribution < -0.4 is 0 Å². The lowest BCUT2D eigenvalue weighted by Gasteiger charge is -2.08. The first-order chi connectivity index (χ1) is 13.6. The molecule has 0 aliphatic carbocycles. The van der Waals surface area contributed by atoms with Crippen LogP contribution in [0.25, 0.3) is 11.3 Å². The van der Waals surface area contributed by atoms with Gasteiger partial charge in [-0.05, 0) is 30.7 Å². The smallest absolute Gasteiger partial charge is 0.351 e. The number of benzene rings is 1. The van der Waals surface area contributed by atoms with Gasteiger partial charge >= 0.3 is 6.18 Å². The minimum Gasteiger partial charge on any atom is -0.351 e. The minimum atomic E-state index is -4.00. The number of rotatable bonds is 4. The van der Waals surface area contributed by atoms with Crippen molar-refractivity contribution in [3.63, 3.8) is 0 Å². The molecule has 3 aromatic rings. The van der Waals surface area contributed by atoms with E-state index >= 15 is 0 Å². The van der Waals surface area contributed by atoms with Crippen LogP contribution in [0.1, 0.15) is 18.2 Å². The molecule has 5 nitrogen and oxygen atoms in total. The van der Waals surface area contributed by atoms with Crippen molar-refractivity contribution in [1.29, 1.82) is 0 Å². The maximum Gasteiger partial charge on any atom is 0.386 e. The lowest BCUT2D eigenvalue weighted by atomic mass is 10.1. The highest BCUT2D eigenvalue weighted by Crippen LogP contribution is 2.20. The van der Waals surface area contributed by atoms with Crippen molar-refractivity contribution in [2.45, 2.75) is 26.6 Å². The monoisotopic (exact) mass is 406 g/mol. The number of hydrogen-bond donors (Lipinski definition) is 0. The second-order valence-corrected chi connectivity index (χ2v) is 6.40. The molecule has 0 saturated carbocycles. The normalized spacial score (nSPS) is 10.2. The molecule has 0 aliphatic heterocycles. The van der Waals surface area contributed by atoms with E-state index in [0.717, 1.165) is 29.9 Å². The third-order valence-corrected chi connectivity index (χ3v) is 3.29. The summed E-state index contributed by atoms with van der Waals surface area (Å²) in [4.78, 5) is 15.1. The Morgan fingerprint density at radius 1 is 1.07 bits per heavy atom. The Morgan fingerprint density at radius 2 is 1.66 bits per heavy atom. The molecular formula is C21H25F3N4O. The summed E-state index contributed by atoms with van der Waals surface area (Å²) in [5.74, 6) is 0. The zero-order chi connectivity index (χ0) is 21.9. The molecule has 0 fully saturated rings. The summed E-state index contributed by atoms with van der Waals surface area (Å²) in [6.45, 7) is 2.97.